The molecule has 2 saturated carbocycles. The Kier molecular flexibility index (Phi) is 24.9. The molecule has 2 aliphatic carbocycles. The van der Waals surface area contributed by atoms with E-state index in [1.165, 1.54) is 69.8 Å². The first-order valence-corrected chi connectivity index (χ1v) is 18.7. The maximum atomic E-state index is 11.8. The van der Waals surface area contributed by atoms with Crippen LogP contribution in [0.25, 0.3) is 0 Å². The van der Waals surface area contributed by atoms with Crippen molar-refractivity contribution >= 4 is 23.9 Å². The first-order chi connectivity index (χ1) is 22.9. The van der Waals surface area contributed by atoms with E-state index in [1.807, 2.05) is 30.3 Å². The van der Waals surface area contributed by atoms with Crippen molar-refractivity contribution in [2.75, 3.05) is 0 Å². The fourth-order valence-corrected chi connectivity index (χ4v) is 6.31. The summed E-state index contributed by atoms with van der Waals surface area (Å²) < 4.78 is 10.4. The quantitative estimate of drug-likeness (QED) is 0.176. The van der Waals surface area contributed by atoms with Gasteiger partial charge >= 0.3 is 53.4 Å². The van der Waals surface area contributed by atoms with Gasteiger partial charge in [-0.3, -0.25) is 19.2 Å². The first-order valence-electron chi connectivity index (χ1n) is 18.7. The number of quaternary nitrogens is 1. The van der Waals surface area contributed by atoms with Crippen molar-refractivity contribution < 1.29 is 74.2 Å². The number of hydrogen-bond donors (Lipinski definition) is 3. The minimum absolute atomic E-state index is 0. The molecule has 50 heavy (non-hydrogen) atoms. The van der Waals surface area contributed by atoms with Gasteiger partial charge in [0.25, 0.3) is 0 Å². The number of benzene rings is 1. The zero-order chi connectivity index (χ0) is 36.9. The fourth-order valence-electron chi connectivity index (χ4n) is 6.31. The normalized spacial score (nSPS) is 16.5. The molecule has 0 unspecified atom stereocenters. The van der Waals surface area contributed by atoms with Gasteiger partial charge in [0.15, 0.2) is 0 Å². The molecule has 2 fully saturated rings. The first kappa shape index (κ1) is 48.1. The molecule has 5 N–H and O–H groups in total. The molecule has 0 saturated heterocycles. The summed E-state index contributed by atoms with van der Waals surface area (Å²) in [5.41, 5.74) is 4.04. The van der Waals surface area contributed by atoms with Crippen molar-refractivity contribution in [2.45, 2.75) is 174 Å². The van der Waals surface area contributed by atoms with Crippen LogP contribution in [0.2, 0.25) is 0 Å². The smallest absolute Gasteiger partial charge is 0.481 e. The molecule has 0 aliphatic heterocycles. The topological polar surface area (TPSA) is 155 Å². The number of hydrogen-bond acceptors (Lipinski definition) is 6. The van der Waals surface area contributed by atoms with Crippen LogP contribution >= 0.6 is 0 Å². The second-order valence-electron chi connectivity index (χ2n) is 16.0. The van der Waals surface area contributed by atoms with Crippen molar-refractivity contribution in [1.29, 1.82) is 0 Å². The number of aryl methyl sites for hydroxylation is 1. The van der Waals surface area contributed by atoms with Gasteiger partial charge < -0.3 is 25.4 Å². The van der Waals surface area contributed by atoms with Gasteiger partial charge in [-0.1, -0.05) is 81.7 Å². The Morgan fingerprint density at radius 3 is 1.50 bits per heavy atom. The summed E-state index contributed by atoms with van der Waals surface area (Å²) in [6.07, 6.45) is 18.1. The van der Waals surface area contributed by atoms with Crippen LogP contribution in [-0.2, 0) is 35.1 Å². The van der Waals surface area contributed by atoms with E-state index in [1.54, 1.807) is 41.5 Å². The monoisotopic (exact) mass is 713 g/mol. The summed E-state index contributed by atoms with van der Waals surface area (Å²) in [4.78, 5) is 46.0. The maximum absolute atomic E-state index is 11.8. The van der Waals surface area contributed by atoms with Gasteiger partial charge in [-0.15, -0.1) is 0 Å². The van der Waals surface area contributed by atoms with Crippen molar-refractivity contribution in [3.63, 3.8) is 0 Å². The SMILES string of the molecule is CC(C)(C)OC(=O)C[C@@H](CCCC1CCCCC1)C(=O)O.CC(C)(C)OC(=O)C[C@@H](CCCc1ccccc1)C(=O)O.[NH3+]C1CCCCC1.[Na+]. The minimum atomic E-state index is -0.936. The number of aliphatic carboxylic acids is 2. The van der Waals surface area contributed by atoms with Gasteiger partial charge in [0.1, 0.15) is 11.2 Å². The molecule has 2 atom stereocenters. The summed E-state index contributed by atoms with van der Waals surface area (Å²) in [7, 11) is 0. The molecule has 3 rings (SSSR count). The Bertz CT molecular complexity index is 1090. The third-order valence-corrected chi connectivity index (χ3v) is 8.84. The Morgan fingerprint density at radius 2 is 1.12 bits per heavy atom. The fraction of sp³-hybridized carbons (Fsp3) is 0.750. The number of carbonyl (C=O) groups excluding carboxylic acids is 2. The minimum Gasteiger partial charge on any atom is -0.481 e. The molecular formula is C40H68NNaO8+2. The predicted octanol–water partition coefficient (Wildman–Crippen LogP) is 5.18. The number of ether oxygens (including phenoxy) is 2. The average molecular weight is 714 g/mol. The molecule has 280 valence electrons. The number of carbonyl (C=O) groups is 4. The molecule has 0 aromatic heterocycles. The van der Waals surface area contributed by atoms with Crippen LogP contribution in [0.4, 0.5) is 0 Å². The van der Waals surface area contributed by atoms with Crippen LogP contribution in [0.15, 0.2) is 30.3 Å². The van der Waals surface area contributed by atoms with E-state index in [-0.39, 0.29) is 42.4 Å². The van der Waals surface area contributed by atoms with Crippen LogP contribution in [0.5, 0.6) is 0 Å². The van der Waals surface area contributed by atoms with Crippen LogP contribution in [0.1, 0.15) is 156 Å². The largest absolute Gasteiger partial charge is 1.00 e. The van der Waals surface area contributed by atoms with E-state index in [9.17, 15) is 29.4 Å². The molecule has 1 aromatic carbocycles. The van der Waals surface area contributed by atoms with E-state index in [2.05, 4.69) is 5.73 Å². The molecule has 2 aliphatic rings. The van der Waals surface area contributed by atoms with E-state index in [0.29, 0.717) is 12.8 Å². The van der Waals surface area contributed by atoms with Gasteiger partial charge in [0.2, 0.25) is 0 Å². The Labute approximate surface area is 324 Å². The molecule has 1 aromatic rings. The zero-order valence-electron chi connectivity index (χ0n) is 32.5. The molecule has 9 nitrogen and oxygen atoms in total. The van der Waals surface area contributed by atoms with Crippen LogP contribution in [0.3, 0.4) is 0 Å². The number of rotatable bonds is 14. The van der Waals surface area contributed by atoms with Gasteiger partial charge in [0, 0.05) is 0 Å². The molecule has 0 radical (unpaired) electrons. The standard InChI is InChI=1S/C17H30O4.C17H24O4.C6H13N.Na/c2*1-17(2,3)21-15(18)12-14(16(19)20)11-7-10-13-8-5-4-6-9-13;7-6-4-2-1-3-5-6;/h13-14H,4-12H2,1-3H3,(H,19,20);4-6,8-9,14H,7,10-12H2,1-3H3,(H,19,20);6H,1-5,7H2;/q;;;+1/p+1/t2*14-;;/m11../s1. The molecule has 0 bridgehead atoms. The maximum Gasteiger partial charge on any atom is 1.00 e. The predicted molar refractivity (Wildman–Crippen MR) is 193 cm³/mol. The third-order valence-electron chi connectivity index (χ3n) is 8.84. The van der Waals surface area contributed by atoms with Gasteiger partial charge in [-0.25, -0.2) is 0 Å². The molecule has 0 amide bonds. The van der Waals surface area contributed by atoms with E-state index < -0.39 is 46.9 Å². The summed E-state index contributed by atoms with van der Waals surface area (Å²) in [6.45, 7) is 10.7. The molecule has 0 spiro atoms. The second-order valence-corrected chi connectivity index (χ2v) is 16.0. The Hall–Kier alpha value is -1.94. The van der Waals surface area contributed by atoms with E-state index in [4.69, 9.17) is 9.47 Å². The van der Waals surface area contributed by atoms with E-state index in [0.717, 1.165) is 37.6 Å². The van der Waals surface area contributed by atoms with Crippen LogP contribution in [-0.4, -0.2) is 51.3 Å². The number of carboxylic acids is 2. The Morgan fingerprint density at radius 1 is 0.700 bits per heavy atom. The third kappa shape index (κ3) is 25.9. The summed E-state index contributed by atoms with van der Waals surface area (Å²) >= 11 is 0. The van der Waals surface area contributed by atoms with Crippen molar-refractivity contribution in [3.05, 3.63) is 35.9 Å². The zero-order valence-corrected chi connectivity index (χ0v) is 34.5. The average Bonchev–Trinajstić information content (AvgIpc) is 3.00. The van der Waals surface area contributed by atoms with E-state index >= 15 is 0 Å². The number of esters is 2. The van der Waals surface area contributed by atoms with Crippen molar-refractivity contribution in [2.24, 2.45) is 17.8 Å². The van der Waals surface area contributed by atoms with Crippen molar-refractivity contribution in [3.8, 4) is 0 Å². The van der Waals surface area contributed by atoms with Gasteiger partial charge in [0.05, 0.1) is 30.7 Å². The molecule has 10 heteroatoms. The van der Waals surface area contributed by atoms with Crippen molar-refractivity contribution in [1.82, 2.24) is 0 Å². The summed E-state index contributed by atoms with van der Waals surface area (Å²) in [6, 6.07) is 10.7. The van der Waals surface area contributed by atoms with Gasteiger partial charge in [-0.05, 0) is 104 Å². The molecular weight excluding hydrogens is 645 g/mol. The number of carboxylic acid groups (broad SMARTS) is 2. The summed E-state index contributed by atoms with van der Waals surface area (Å²) in [5.74, 6) is -3.21. The van der Waals surface area contributed by atoms with Crippen LogP contribution in [0, 0.1) is 17.8 Å². The second kappa shape index (κ2) is 25.9. The van der Waals surface area contributed by atoms with Crippen LogP contribution < -0.4 is 35.3 Å². The summed E-state index contributed by atoms with van der Waals surface area (Å²) in [5, 5.41) is 18.5. The van der Waals surface area contributed by atoms with Gasteiger partial charge in [-0.2, -0.15) is 0 Å². The Balaban J connectivity index is 0.000000789. The molecule has 0 heterocycles.